The number of halogens is 2. The Morgan fingerprint density at radius 1 is 1.13 bits per heavy atom. The summed E-state index contributed by atoms with van der Waals surface area (Å²) in [6.07, 6.45) is 2.63. The lowest BCUT2D eigenvalue weighted by Crippen LogP contribution is -2.17. The summed E-state index contributed by atoms with van der Waals surface area (Å²) in [7, 11) is 0. The highest BCUT2D eigenvalue weighted by Gasteiger charge is 2.61. The molecule has 158 valence electrons. The van der Waals surface area contributed by atoms with Crippen LogP contribution < -0.4 is 16.4 Å². The lowest BCUT2D eigenvalue weighted by molar-refractivity contribution is -0.119. The van der Waals surface area contributed by atoms with Gasteiger partial charge in [-0.1, -0.05) is 12.1 Å². The van der Waals surface area contributed by atoms with Crippen molar-refractivity contribution in [2.75, 3.05) is 10.6 Å². The Labute approximate surface area is 175 Å². The van der Waals surface area contributed by atoms with Gasteiger partial charge in [0.1, 0.15) is 11.6 Å². The number of hydrogen-bond donors (Lipinski definition) is 3. The number of nitrogens with one attached hydrogen (secondary N) is 2. The number of hydrogen-bond acceptors (Lipinski definition) is 6. The number of anilines is 3. The second-order valence-electron chi connectivity index (χ2n) is 7.23. The van der Waals surface area contributed by atoms with Gasteiger partial charge in [-0.2, -0.15) is 0 Å². The van der Waals surface area contributed by atoms with E-state index in [0.29, 0.717) is 28.6 Å². The van der Waals surface area contributed by atoms with Crippen LogP contribution in [0.4, 0.5) is 26.1 Å². The topological polar surface area (TPSA) is 123 Å². The van der Waals surface area contributed by atoms with Crippen LogP contribution in [0.15, 0.2) is 48.8 Å². The molecule has 4 N–H and O–H groups in total. The average molecular weight is 424 g/mol. The van der Waals surface area contributed by atoms with Crippen molar-refractivity contribution in [2.45, 2.75) is 19.3 Å². The molecule has 0 bridgehead atoms. The van der Waals surface area contributed by atoms with E-state index >= 15 is 0 Å². The van der Waals surface area contributed by atoms with Gasteiger partial charge in [0, 0.05) is 23.9 Å². The summed E-state index contributed by atoms with van der Waals surface area (Å²) < 4.78 is 26.0. The second-order valence-corrected chi connectivity index (χ2v) is 7.23. The highest BCUT2D eigenvalue weighted by molar-refractivity contribution is 5.95. The number of aryl methyl sites for hydroxylation is 1. The number of alkyl halides is 2. The fraction of sp³-hybridized carbons (Fsp3) is 0.190. The first kappa shape index (κ1) is 20.3. The molecule has 1 aliphatic rings. The summed E-state index contributed by atoms with van der Waals surface area (Å²) in [4.78, 5) is 35.8. The molecule has 0 spiro atoms. The van der Waals surface area contributed by atoms with Crippen LogP contribution in [0.3, 0.4) is 0 Å². The number of rotatable bonds is 6. The molecule has 2 amide bonds. The number of nitrogens with zero attached hydrogens (tertiary/aromatic N) is 3. The monoisotopic (exact) mass is 424 g/mol. The first-order chi connectivity index (χ1) is 14.7. The number of aromatic nitrogens is 3. The highest BCUT2D eigenvalue weighted by Crippen LogP contribution is 2.49. The van der Waals surface area contributed by atoms with Crippen molar-refractivity contribution < 1.29 is 18.4 Å². The third kappa shape index (κ3) is 4.47. The molecule has 1 aromatic carbocycles. The van der Waals surface area contributed by atoms with Gasteiger partial charge in [-0.05, 0) is 36.8 Å². The average Bonchev–Trinajstić information content (AvgIpc) is 3.37. The van der Waals surface area contributed by atoms with Crippen LogP contribution in [0, 0.1) is 12.8 Å². The molecule has 1 aliphatic carbocycles. The zero-order valence-corrected chi connectivity index (χ0v) is 16.4. The van der Waals surface area contributed by atoms with Crippen LogP contribution in [-0.2, 0) is 4.79 Å². The molecule has 1 saturated carbocycles. The van der Waals surface area contributed by atoms with Crippen molar-refractivity contribution in [3.63, 3.8) is 0 Å². The molecule has 0 aliphatic heterocycles. The van der Waals surface area contributed by atoms with E-state index in [4.69, 9.17) is 5.73 Å². The Balaban J connectivity index is 1.46. The van der Waals surface area contributed by atoms with Crippen LogP contribution in [0.5, 0.6) is 0 Å². The van der Waals surface area contributed by atoms with Crippen LogP contribution in [0.25, 0.3) is 11.3 Å². The van der Waals surface area contributed by atoms with E-state index in [1.165, 1.54) is 6.20 Å². The minimum absolute atomic E-state index is 0.192. The quantitative estimate of drug-likeness (QED) is 0.558. The molecular formula is C21H18F2N6O2. The Hall–Kier alpha value is -3.95. The summed E-state index contributed by atoms with van der Waals surface area (Å²) in [5, 5.41) is 5.52. The van der Waals surface area contributed by atoms with Crippen molar-refractivity contribution in [3.05, 3.63) is 60.0 Å². The zero-order valence-electron chi connectivity index (χ0n) is 16.4. The molecule has 2 aromatic heterocycles. The third-order valence-electron chi connectivity index (χ3n) is 4.81. The number of benzene rings is 1. The molecule has 10 heteroatoms. The summed E-state index contributed by atoms with van der Waals surface area (Å²) in [5.41, 5.74) is 8.46. The lowest BCUT2D eigenvalue weighted by atomic mass is 10.1. The zero-order chi connectivity index (χ0) is 22.2. The third-order valence-corrected chi connectivity index (χ3v) is 4.81. The van der Waals surface area contributed by atoms with Crippen LogP contribution in [0.2, 0.25) is 0 Å². The van der Waals surface area contributed by atoms with E-state index in [9.17, 15) is 18.4 Å². The largest absolute Gasteiger partial charge is 0.364 e. The summed E-state index contributed by atoms with van der Waals surface area (Å²) >= 11 is 0. The van der Waals surface area contributed by atoms with Gasteiger partial charge >= 0.3 is 0 Å². The molecule has 3 aromatic rings. The molecule has 4 rings (SSSR count). The van der Waals surface area contributed by atoms with Crippen LogP contribution >= 0.6 is 0 Å². The Morgan fingerprint density at radius 3 is 2.45 bits per heavy atom. The van der Waals surface area contributed by atoms with E-state index in [1.807, 2.05) is 0 Å². The fourth-order valence-corrected chi connectivity index (χ4v) is 3.06. The van der Waals surface area contributed by atoms with Crippen molar-refractivity contribution >= 4 is 29.1 Å². The first-order valence-corrected chi connectivity index (χ1v) is 9.38. The fourth-order valence-electron chi connectivity index (χ4n) is 3.06. The lowest BCUT2D eigenvalue weighted by Gasteiger charge is -2.09. The van der Waals surface area contributed by atoms with Gasteiger partial charge in [0.05, 0.1) is 17.6 Å². The maximum atomic E-state index is 13.0. The maximum absolute atomic E-state index is 13.0. The molecule has 0 saturated heterocycles. The standard InChI is InChI=1S/C21H18F2N6O2/c1-11-8-14(10-26-17(11)18(24)30)28-20-25-7-6-16(29-20)12-2-4-13(5-3-12)27-19(31)15-9-21(15,22)23/h2-8,10,15H,9H2,1H3,(H2,24,30)(H,27,31)(H,25,28,29)/t15-/m0/s1. The maximum Gasteiger partial charge on any atom is 0.267 e. The molecule has 0 radical (unpaired) electrons. The van der Waals surface area contributed by atoms with E-state index in [0.717, 1.165) is 5.56 Å². The molecular weight excluding hydrogens is 406 g/mol. The second kappa shape index (κ2) is 7.71. The number of amides is 2. The van der Waals surface area contributed by atoms with E-state index in [-0.39, 0.29) is 5.69 Å². The summed E-state index contributed by atoms with van der Waals surface area (Å²) in [6, 6.07) is 10.1. The van der Waals surface area contributed by atoms with Crippen molar-refractivity contribution in [1.29, 1.82) is 0 Å². The summed E-state index contributed by atoms with van der Waals surface area (Å²) in [6.45, 7) is 1.72. The molecule has 31 heavy (non-hydrogen) atoms. The minimum Gasteiger partial charge on any atom is -0.364 e. The van der Waals surface area contributed by atoms with Gasteiger partial charge in [0.2, 0.25) is 11.9 Å². The van der Waals surface area contributed by atoms with Crippen molar-refractivity contribution in [2.24, 2.45) is 11.7 Å². The van der Waals surface area contributed by atoms with Gasteiger partial charge in [0.15, 0.2) is 0 Å². The normalized spacial score (nSPS) is 16.4. The predicted molar refractivity (Wildman–Crippen MR) is 110 cm³/mol. The number of pyridine rings is 1. The van der Waals surface area contributed by atoms with Crippen molar-refractivity contribution in [1.82, 2.24) is 15.0 Å². The van der Waals surface area contributed by atoms with Gasteiger partial charge < -0.3 is 16.4 Å². The number of primary amides is 1. The molecule has 1 fully saturated rings. The van der Waals surface area contributed by atoms with Gasteiger partial charge in [-0.3, -0.25) is 9.59 Å². The molecule has 0 unspecified atom stereocenters. The first-order valence-electron chi connectivity index (χ1n) is 9.38. The molecule has 8 nitrogen and oxygen atoms in total. The van der Waals surface area contributed by atoms with Crippen LogP contribution in [0.1, 0.15) is 22.5 Å². The Bertz CT molecular complexity index is 1170. The van der Waals surface area contributed by atoms with Gasteiger partial charge in [-0.15, -0.1) is 0 Å². The predicted octanol–water partition coefficient (Wildman–Crippen LogP) is 3.28. The van der Waals surface area contributed by atoms with Gasteiger partial charge in [-0.25, -0.2) is 23.7 Å². The molecule has 2 heterocycles. The van der Waals surface area contributed by atoms with Crippen LogP contribution in [-0.4, -0.2) is 32.7 Å². The Kier molecular flexibility index (Phi) is 5.05. The number of carbonyl (C=O) groups is 2. The number of carbonyl (C=O) groups excluding carboxylic acids is 2. The van der Waals surface area contributed by atoms with E-state index in [1.54, 1.807) is 49.5 Å². The Morgan fingerprint density at radius 2 is 1.84 bits per heavy atom. The SMILES string of the molecule is Cc1cc(Nc2nccc(-c3ccc(NC(=O)[C@@H]4CC4(F)F)cc3)n2)cnc1C(N)=O. The summed E-state index contributed by atoms with van der Waals surface area (Å²) in [5.74, 6) is -5.12. The van der Waals surface area contributed by atoms with E-state index in [2.05, 4.69) is 25.6 Å². The molecule has 1 atom stereocenters. The smallest absolute Gasteiger partial charge is 0.267 e. The highest BCUT2D eigenvalue weighted by atomic mass is 19.3. The number of nitrogens with two attached hydrogens (primary N) is 1. The van der Waals surface area contributed by atoms with E-state index < -0.39 is 30.1 Å². The van der Waals surface area contributed by atoms with Crippen molar-refractivity contribution in [3.8, 4) is 11.3 Å². The van der Waals surface area contributed by atoms with Gasteiger partial charge in [0.25, 0.3) is 11.8 Å². The minimum atomic E-state index is -2.90.